The zero-order valence-electron chi connectivity index (χ0n) is 15.3. The van der Waals surface area contributed by atoms with Crippen LogP contribution in [-0.2, 0) is 0 Å². The van der Waals surface area contributed by atoms with Crippen molar-refractivity contribution in [1.29, 1.82) is 0 Å². The highest BCUT2D eigenvalue weighted by Crippen LogP contribution is 2.29. The number of pyridine rings is 2. The largest absolute Gasteiger partial charge is 0.265 e. The predicted octanol–water partition coefficient (Wildman–Crippen LogP) is 6.63. The van der Waals surface area contributed by atoms with E-state index in [0.717, 1.165) is 16.8 Å². The average molecular weight is 358 g/mol. The van der Waals surface area contributed by atoms with Crippen LogP contribution in [0.3, 0.4) is 0 Å². The van der Waals surface area contributed by atoms with Crippen molar-refractivity contribution >= 4 is 10.8 Å². The Kier molecular flexibility index (Phi) is 4.15. The van der Waals surface area contributed by atoms with Crippen molar-refractivity contribution in [2.75, 3.05) is 0 Å². The zero-order valence-corrected chi connectivity index (χ0v) is 15.3. The first-order valence-electron chi connectivity index (χ1n) is 9.33. The summed E-state index contributed by atoms with van der Waals surface area (Å²) in [7, 11) is 0. The van der Waals surface area contributed by atoms with Crippen molar-refractivity contribution in [2.45, 2.75) is 0 Å². The summed E-state index contributed by atoms with van der Waals surface area (Å²) in [4.78, 5) is 8.69. The molecule has 0 spiro atoms. The maximum absolute atomic E-state index is 4.63. The van der Waals surface area contributed by atoms with Crippen molar-refractivity contribution in [3.63, 3.8) is 0 Å². The second kappa shape index (κ2) is 7.09. The lowest BCUT2D eigenvalue weighted by Gasteiger charge is -2.08. The van der Waals surface area contributed by atoms with Crippen molar-refractivity contribution in [2.24, 2.45) is 0 Å². The second-order valence-corrected chi connectivity index (χ2v) is 6.81. The lowest BCUT2D eigenvalue weighted by molar-refractivity contribution is 1.29. The maximum Gasteiger partial charge on any atom is 0.0703 e. The van der Waals surface area contributed by atoms with E-state index in [9.17, 15) is 0 Å². The van der Waals surface area contributed by atoms with Gasteiger partial charge in [0, 0.05) is 29.7 Å². The smallest absolute Gasteiger partial charge is 0.0703 e. The van der Waals surface area contributed by atoms with E-state index in [1.165, 1.54) is 27.5 Å². The van der Waals surface area contributed by atoms with Crippen LogP contribution in [0.5, 0.6) is 0 Å². The fourth-order valence-electron chi connectivity index (χ4n) is 3.49. The minimum atomic E-state index is 0.958. The summed E-state index contributed by atoms with van der Waals surface area (Å²) >= 11 is 0. The Morgan fingerprint density at radius 3 is 1.75 bits per heavy atom. The third-order valence-electron chi connectivity index (χ3n) is 5.02. The van der Waals surface area contributed by atoms with Crippen LogP contribution in [0.4, 0.5) is 0 Å². The molecule has 0 aliphatic rings. The van der Waals surface area contributed by atoms with Crippen LogP contribution in [0.2, 0.25) is 0 Å². The number of benzene rings is 3. The monoisotopic (exact) mass is 358 g/mol. The number of nitrogens with zero attached hydrogens (tertiary/aromatic N) is 2. The highest BCUT2D eigenvalue weighted by Gasteiger charge is 2.04. The van der Waals surface area contributed by atoms with Crippen LogP contribution in [0.1, 0.15) is 0 Å². The molecule has 0 saturated heterocycles. The average Bonchev–Trinajstić information content (AvgIpc) is 2.80. The Morgan fingerprint density at radius 2 is 1.11 bits per heavy atom. The summed E-state index contributed by atoms with van der Waals surface area (Å²) in [6, 6.07) is 31.8. The van der Waals surface area contributed by atoms with E-state index in [-0.39, 0.29) is 0 Å². The molecule has 28 heavy (non-hydrogen) atoms. The molecule has 0 aliphatic carbocycles. The van der Waals surface area contributed by atoms with Gasteiger partial charge in [-0.2, -0.15) is 0 Å². The first kappa shape index (κ1) is 16.4. The van der Waals surface area contributed by atoms with Gasteiger partial charge in [-0.3, -0.25) is 9.97 Å². The van der Waals surface area contributed by atoms with Gasteiger partial charge >= 0.3 is 0 Å². The van der Waals surface area contributed by atoms with E-state index in [2.05, 4.69) is 82.8 Å². The lowest BCUT2D eigenvalue weighted by Crippen LogP contribution is -1.86. The van der Waals surface area contributed by atoms with Crippen LogP contribution < -0.4 is 0 Å². The van der Waals surface area contributed by atoms with Gasteiger partial charge in [-0.25, -0.2) is 0 Å². The third-order valence-corrected chi connectivity index (χ3v) is 5.02. The number of fused-ring (bicyclic) bond motifs is 1. The molecule has 0 fully saturated rings. The van der Waals surface area contributed by atoms with E-state index < -0.39 is 0 Å². The highest BCUT2D eigenvalue weighted by atomic mass is 14.7. The molecule has 2 heterocycles. The molecule has 0 atom stereocenters. The molecule has 0 saturated carbocycles. The van der Waals surface area contributed by atoms with Crippen LogP contribution >= 0.6 is 0 Å². The van der Waals surface area contributed by atoms with Gasteiger partial charge in [0.25, 0.3) is 0 Å². The molecule has 3 aromatic carbocycles. The van der Waals surface area contributed by atoms with E-state index >= 15 is 0 Å². The van der Waals surface area contributed by atoms with Crippen molar-refractivity contribution in [3.05, 3.63) is 110 Å². The minimum absolute atomic E-state index is 0.958. The SMILES string of the molecule is c1ccc(-c2ccc3cc(-c4ccc(-c5ccncc5)nc4)ccc3c2)cc1. The molecule has 0 N–H and O–H groups in total. The molecule has 0 unspecified atom stereocenters. The van der Waals surface area contributed by atoms with Gasteiger partial charge in [0.15, 0.2) is 0 Å². The van der Waals surface area contributed by atoms with Gasteiger partial charge in [-0.1, -0.05) is 60.7 Å². The summed E-state index contributed by atoms with van der Waals surface area (Å²) < 4.78 is 0. The molecular formula is C26H18N2. The Hall–Kier alpha value is -3.78. The van der Waals surface area contributed by atoms with Crippen LogP contribution in [0.25, 0.3) is 44.3 Å². The fraction of sp³-hybridized carbons (Fsp3) is 0. The second-order valence-electron chi connectivity index (χ2n) is 6.81. The summed E-state index contributed by atoms with van der Waals surface area (Å²) in [6.45, 7) is 0. The standard InChI is InChI=1S/C26H18N2/c1-2-4-19(5-3-1)21-6-7-23-17-24(9-8-22(23)16-21)25-10-11-26(28-18-25)20-12-14-27-15-13-20/h1-18H. The number of hydrogen-bond donors (Lipinski definition) is 0. The van der Waals surface area contributed by atoms with E-state index in [0.29, 0.717) is 0 Å². The molecule has 2 heteroatoms. The lowest BCUT2D eigenvalue weighted by atomic mass is 9.98. The molecule has 132 valence electrons. The summed E-state index contributed by atoms with van der Waals surface area (Å²) in [5.41, 5.74) is 6.81. The third kappa shape index (κ3) is 3.17. The van der Waals surface area contributed by atoms with Crippen molar-refractivity contribution in [3.8, 4) is 33.5 Å². The molecule has 2 nitrogen and oxygen atoms in total. The normalized spacial score (nSPS) is 10.9. The predicted molar refractivity (Wildman–Crippen MR) is 116 cm³/mol. The van der Waals surface area contributed by atoms with Gasteiger partial charge in [0.05, 0.1) is 5.69 Å². The van der Waals surface area contributed by atoms with Gasteiger partial charge < -0.3 is 0 Å². The summed E-state index contributed by atoms with van der Waals surface area (Å²) in [5.74, 6) is 0. The zero-order chi connectivity index (χ0) is 18.8. The Bertz CT molecular complexity index is 1230. The van der Waals surface area contributed by atoms with Crippen molar-refractivity contribution < 1.29 is 0 Å². The summed E-state index contributed by atoms with van der Waals surface area (Å²) in [6.07, 6.45) is 5.52. The van der Waals surface area contributed by atoms with Gasteiger partial charge in [0.2, 0.25) is 0 Å². The van der Waals surface area contributed by atoms with Gasteiger partial charge in [-0.05, 0) is 57.8 Å². The molecule has 5 aromatic rings. The molecule has 0 amide bonds. The van der Waals surface area contributed by atoms with Crippen molar-refractivity contribution in [1.82, 2.24) is 9.97 Å². The Labute approximate surface area is 164 Å². The van der Waals surface area contributed by atoms with Crippen LogP contribution in [-0.4, -0.2) is 9.97 Å². The van der Waals surface area contributed by atoms with Gasteiger partial charge in [-0.15, -0.1) is 0 Å². The molecule has 5 rings (SSSR count). The molecule has 0 aliphatic heterocycles. The summed E-state index contributed by atoms with van der Waals surface area (Å²) in [5, 5.41) is 2.47. The number of aromatic nitrogens is 2. The fourth-order valence-corrected chi connectivity index (χ4v) is 3.49. The minimum Gasteiger partial charge on any atom is -0.265 e. The van der Waals surface area contributed by atoms with E-state index in [1.54, 1.807) is 12.4 Å². The molecule has 0 bridgehead atoms. The maximum atomic E-state index is 4.63. The molecular weight excluding hydrogens is 340 g/mol. The first-order valence-corrected chi connectivity index (χ1v) is 9.33. The molecule has 0 radical (unpaired) electrons. The van der Waals surface area contributed by atoms with Crippen LogP contribution in [0, 0.1) is 0 Å². The highest BCUT2D eigenvalue weighted by molar-refractivity contribution is 5.90. The Balaban J connectivity index is 1.48. The van der Waals surface area contributed by atoms with E-state index in [4.69, 9.17) is 0 Å². The van der Waals surface area contributed by atoms with Crippen LogP contribution in [0.15, 0.2) is 110 Å². The van der Waals surface area contributed by atoms with Gasteiger partial charge in [0.1, 0.15) is 0 Å². The topological polar surface area (TPSA) is 25.8 Å². The molecule has 2 aromatic heterocycles. The number of rotatable bonds is 3. The first-order chi connectivity index (χ1) is 13.9. The van der Waals surface area contributed by atoms with E-state index in [1.807, 2.05) is 24.4 Å². The number of hydrogen-bond acceptors (Lipinski definition) is 2. The quantitative estimate of drug-likeness (QED) is 0.362. The Morgan fingerprint density at radius 1 is 0.464 bits per heavy atom.